The second-order valence-electron chi connectivity index (χ2n) is 6.64. The van der Waals surface area contributed by atoms with Crippen molar-refractivity contribution in [2.45, 2.75) is 19.0 Å². The Hall–Kier alpha value is -2.93. The maximum absolute atomic E-state index is 13.2. The SMILES string of the molecule is CN(C)CCC(NC(=O)c1ccc(Cn2cccn2)o1)c1ccc(F)cc1. The number of hydrogen-bond acceptors (Lipinski definition) is 4. The van der Waals surface area contributed by atoms with Gasteiger partial charge in [0.15, 0.2) is 5.76 Å². The Morgan fingerprint density at radius 3 is 2.70 bits per heavy atom. The van der Waals surface area contributed by atoms with Gasteiger partial charge in [-0.3, -0.25) is 9.48 Å². The molecule has 6 nitrogen and oxygen atoms in total. The minimum absolute atomic E-state index is 0.236. The summed E-state index contributed by atoms with van der Waals surface area (Å²) in [5, 5.41) is 7.11. The lowest BCUT2D eigenvalue weighted by Crippen LogP contribution is -2.30. The molecule has 3 aromatic rings. The third-order valence-electron chi connectivity index (χ3n) is 4.21. The van der Waals surface area contributed by atoms with Gasteiger partial charge in [-0.25, -0.2) is 4.39 Å². The Bertz CT molecular complexity index is 857. The van der Waals surface area contributed by atoms with Crippen molar-refractivity contribution in [2.75, 3.05) is 20.6 Å². The van der Waals surface area contributed by atoms with Crippen LogP contribution < -0.4 is 5.32 Å². The summed E-state index contributed by atoms with van der Waals surface area (Å²) in [6.07, 6.45) is 4.22. The van der Waals surface area contributed by atoms with E-state index in [0.29, 0.717) is 18.7 Å². The number of hydrogen-bond donors (Lipinski definition) is 1. The molecule has 0 saturated heterocycles. The van der Waals surface area contributed by atoms with E-state index in [-0.39, 0.29) is 23.5 Å². The third-order valence-corrected chi connectivity index (χ3v) is 4.21. The van der Waals surface area contributed by atoms with Gasteiger partial charge in [-0.05, 0) is 63.0 Å². The molecule has 27 heavy (non-hydrogen) atoms. The van der Waals surface area contributed by atoms with Gasteiger partial charge in [0.25, 0.3) is 5.91 Å². The van der Waals surface area contributed by atoms with E-state index in [1.165, 1.54) is 12.1 Å². The van der Waals surface area contributed by atoms with Crippen LogP contribution >= 0.6 is 0 Å². The van der Waals surface area contributed by atoms with Crippen molar-refractivity contribution in [2.24, 2.45) is 0 Å². The van der Waals surface area contributed by atoms with E-state index in [9.17, 15) is 9.18 Å². The molecule has 3 rings (SSSR count). The number of amides is 1. The van der Waals surface area contributed by atoms with E-state index >= 15 is 0 Å². The number of furan rings is 1. The molecule has 1 aromatic carbocycles. The molecule has 1 amide bonds. The highest BCUT2D eigenvalue weighted by atomic mass is 19.1. The van der Waals surface area contributed by atoms with Crippen molar-refractivity contribution < 1.29 is 13.6 Å². The zero-order valence-corrected chi connectivity index (χ0v) is 15.4. The van der Waals surface area contributed by atoms with Crippen LogP contribution in [0.4, 0.5) is 4.39 Å². The number of nitrogens with zero attached hydrogens (tertiary/aromatic N) is 3. The lowest BCUT2D eigenvalue weighted by atomic mass is 10.0. The highest BCUT2D eigenvalue weighted by Gasteiger charge is 2.19. The molecule has 0 aliphatic carbocycles. The quantitative estimate of drug-likeness (QED) is 0.662. The van der Waals surface area contributed by atoms with Gasteiger partial charge >= 0.3 is 0 Å². The third kappa shape index (κ3) is 5.27. The Labute approximate surface area is 157 Å². The van der Waals surface area contributed by atoms with Gasteiger partial charge in [-0.15, -0.1) is 0 Å². The summed E-state index contributed by atoms with van der Waals surface area (Å²) in [6, 6.07) is 11.2. The van der Waals surface area contributed by atoms with Gasteiger partial charge in [-0.2, -0.15) is 5.10 Å². The van der Waals surface area contributed by atoms with Crippen LogP contribution in [0.2, 0.25) is 0 Å². The van der Waals surface area contributed by atoms with Gasteiger partial charge in [-0.1, -0.05) is 12.1 Å². The number of rotatable bonds is 8. The van der Waals surface area contributed by atoms with E-state index in [1.54, 1.807) is 35.1 Å². The fraction of sp³-hybridized carbons (Fsp3) is 0.300. The first-order valence-electron chi connectivity index (χ1n) is 8.78. The minimum atomic E-state index is -0.300. The smallest absolute Gasteiger partial charge is 0.287 e. The van der Waals surface area contributed by atoms with Gasteiger partial charge < -0.3 is 14.6 Å². The lowest BCUT2D eigenvalue weighted by molar-refractivity contribution is 0.0902. The van der Waals surface area contributed by atoms with Crippen LogP contribution in [0.1, 0.15) is 34.3 Å². The van der Waals surface area contributed by atoms with E-state index in [1.807, 2.05) is 31.3 Å². The largest absolute Gasteiger partial charge is 0.454 e. The molecule has 1 N–H and O–H groups in total. The molecule has 2 aromatic heterocycles. The van der Waals surface area contributed by atoms with E-state index < -0.39 is 0 Å². The Morgan fingerprint density at radius 2 is 2.04 bits per heavy atom. The predicted molar refractivity (Wildman–Crippen MR) is 99.8 cm³/mol. The van der Waals surface area contributed by atoms with Crippen LogP contribution in [0.15, 0.2) is 59.3 Å². The van der Waals surface area contributed by atoms with Gasteiger partial charge in [0, 0.05) is 12.4 Å². The molecule has 0 saturated carbocycles. The summed E-state index contributed by atoms with van der Waals surface area (Å²) >= 11 is 0. The molecule has 7 heteroatoms. The van der Waals surface area contributed by atoms with Crippen molar-refractivity contribution in [3.63, 3.8) is 0 Å². The molecular weight excluding hydrogens is 347 g/mol. The molecule has 142 valence electrons. The van der Waals surface area contributed by atoms with Crippen LogP contribution in [-0.2, 0) is 6.54 Å². The standard InChI is InChI=1S/C20H23FN4O2/c1-24(2)13-10-18(15-4-6-16(21)7-5-15)23-20(26)19-9-8-17(27-19)14-25-12-3-11-22-25/h3-9,11-12,18H,10,13-14H2,1-2H3,(H,23,26). The van der Waals surface area contributed by atoms with Gasteiger partial charge in [0.05, 0.1) is 12.6 Å². The second kappa shape index (κ2) is 8.64. The predicted octanol–water partition coefficient (Wildman–Crippen LogP) is 3.09. The fourth-order valence-electron chi connectivity index (χ4n) is 2.77. The van der Waals surface area contributed by atoms with Crippen LogP contribution in [0.25, 0.3) is 0 Å². The van der Waals surface area contributed by atoms with E-state index in [4.69, 9.17) is 4.42 Å². The average Bonchev–Trinajstić information content (AvgIpc) is 3.31. The average molecular weight is 370 g/mol. The minimum Gasteiger partial charge on any atom is -0.454 e. The van der Waals surface area contributed by atoms with Crippen molar-refractivity contribution >= 4 is 5.91 Å². The molecule has 1 atom stereocenters. The summed E-state index contributed by atoms with van der Waals surface area (Å²) in [6.45, 7) is 1.24. The normalized spacial score (nSPS) is 12.3. The van der Waals surface area contributed by atoms with E-state index in [2.05, 4.69) is 10.4 Å². The molecule has 0 spiro atoms. The Balaban J connectivity index is 1.69. The monoisotopic (exact) mass is 370 g/mol. The van der Waals surface area contributed by atoms with Crippen LogP contribution in [-0.4, -0.2) is 41.2 Å². The second-order valence-corrected chi connectivity index (χ2v) is 6.64. The fourth-order valence-corrected chi connectivity index (χ4v) is 2.77. The van der Waals surface area contributed by atoms with Crippen LogP contribution in [0.3, 0.4) is 0 Å². The molecule has 0 aliphatic rings. The summed E-state index contributed by atoms with van der Waals surface area (Å²) in [5.41, 5.74) is 0.856. The number of benzene rings is 1. The molecule has 0 radical (unpaired) electrons. The number of carbonyl (C=O) groups excluding carboxylic acids is 1. The first-order valence-corrected chi connectivity index (χ1v) is 8.78. The zero-order valence-electron chi connectivity index (χ0n) is 15.4. The first-order chi connectivity index (χ1) is 13.0. The topological polar surface area (TPSA) is 63.3 Å². The molecule has 0 fully saturated rings. The summed E-state index contributed by atoms with van der Waals surface area (Å²) in [5.74, 6) is 0.296. The maximum atomic E-state index is 13.2. The Kier molecular flexibility index (Phi) is 6.03. The van der Waals surface area contributed by atoms with E-state index in [0.717, 1.165) is 12.1 Å². The van der Waals surface area contributed by atoms with Crippen LogP contribution in [0.5, 0.6) is 0 Å². The number of halogens is 1. The number of aromatic nitrogens is 2. The molecule has 1 unspecified atom stereocenters. The van der Waals surface area contributed by atoms with Gasteiger partial charge in [0.2, 0.25) is 0 Å². The first kappa shape index (κ1) is 18.8. The number of carbonyl (C=O) groups is 1. The maximum Gasteiger partial charge on any atom is 0.287 e. The highest BCUT2D eigenvalue weighted by Crippen LogP contribution is 2.19. The molecule has 0 bridgehead atoms. The highest BCUT2D eigenvalue weighted by molar-refractivity contribution is 5.91. The van der Waals surface area contributed by atoms with Crippen LogP contribution in [0, 0.1) is 5.82 Å². The molecule has 2 heterocycles. The van der Waals surface area contributed by atoms with Crippen molar-refractivity contribution in [3.8, 4) is 0 Å². The van der Waals surface area contributed by atoms with Crippen molar-refractivity contribution in [1.29, 1.82) is 0 Å². The summed E-state index contributed by atoms with van der Waals surface area (Å²) in [7, 11) is 3.94. The van der Waals surface area contributed by atoms with Crippen molar-refractivity contribution in [1.82, 2.24) is 20.0 Å². The summed E-state index contributed by atoms with van der Waals surface area (Å²) < 4.78 is 20.6. The molecular formula is C20H23FN4O2. The zero-order chi connectivity index (χ0) is 19.2. The number of nitrogens with one attached hydrogen (secondary N) is 1. The lowest BCUT2D eigenvalue weighted by Gasteiger charge is -2.21. The van der Waals surface area contributed by atoms with Gasteiger partial charge in [0.1, 0.15) is 11.6 Å². The van der Waals surface area contributed by atoms with Crippen molar-refractivity contribution in [3.05, 3.63) is 77.8 Å². The Morgan fingerprint density at radius 1 is 1.26 bits per heavy atom. The summed E-state index contributed by atoms with van der Waals surface area (Å²) in [4.78, 5) is 14.7. The molecule has 0 aliphatic heterocycles.